The van der Waals surface area contributed by atoms with E-state index in [4.69, 9.17) is 0 Å². The maximum atomic E-state index is 3.35. The quantitative estimate of drug-likeness (QED) is 0.693. The number of hydrogen-bond donors (Lipinski definition) is 1. The second-order valence-electron chi connectivity index (χ2n) is 4.86. The van der Waals surface area contributed by atoms with E-state index in [1.807, 2.05) is 0 Å². The third-order valence-corrected chi connectivity index (χ3v) is 3.49. The Morgan fingerprint density at radius 2 is 2.08 bits per heavy atom. The normalized spacial score (nSPS) is 32.5. The van der Waals surface area contributed by atoms with Crippen molar-refractivity contribution in [1.82, 2.24) is 10.2 Å². The molecule has 1 N–H and O–H groups in total. The van der Waals surface area contributed by atoms with Crippen LogP contribution in [-0.4, -0.2) is 37.6 Å². The number of hydrogen-bond acceptors (Lipinski definition) is 2. The van der Waals surface area contributed by atoms with Crippen LogP contribution in [0, 0.1) is 11.8 Å². The molecule has 0 aromatic rings. The zero-order valence-electron chi connectivity index (χ0n) is 8.76. The molecule has 2 heteroatoms. The van der Waals surface area contributed by atoms with E-state index in [1.165, 1.54) is 52.0 Å². The summed E-state index contributed by atoms with van der Waals surface area (Å²) in [5.41, 5.74) is 0. The van der Waals surface area contributed by atoms with Crippen LogP contribution in [0.3, 0.4) is 0 Å². The smallest absolute Gasteiger partial charge is 0.00340 e. The summed E-state index contributed by atoms with van der Waals surface area (Å²) in [7, 11) is 0. The third kappa shape index (κ3) is 2.68. The number of likely N-dealkylation sites (tertiary alicyclic amines) is 1. The molecule has 2 aliphatic heterocycles. The summed E-state index contributed by atoms with van der Waals surface area (Å²) in [5, 5.41) is 3.35. The maximum absolute atomic E-state index is 3.35. The van der Waals surface area contributed by atoms with Crippen molar-refractivity contribution in [3.8, 4) is 0 Å². The molecule has 2 saturated heterocycles. The molecular weight excluding hydrogens is 160 g/mol. The van der Waals surface area contributed by atoms with E-state index >= 15 is 0 Å². The second-order valence-corrected chi connectivity index (χ2v) is 4.86. The molecule has 0 aromatic heterocycles. The molecule has 0 saturated carbocycles. The van der Waals surface area contributed by atoms with Crippen LogP contribution in [-0.2, 0) is 0 Å². The van der Waals surface area contributed by atoms with E-state index in [1.54, 1.807) is 0 Å². The average Bonchev–Trinajstić information content (AvgIpc) is 2.23. The van der Waals surface area contributed by atoms with Gasteiger partial charge in [0.2, 0.25) is 0 Å². The molecule has 76 valence electrons. The van der Waals surface area contributed by atoms with Gasteiger partial charge in [0.1, 0.15) is 0 Å². The third-order valence-electron chi connectivity index (χ3n) is 3.49. The van der Waals surface area contributed by atoms with Crippen molar-refractivity contribution in [1.29, 1.82) is 0 Å². The topological polar surface area (TPSA) is 15.3 Å². The summed E-state index contributed by atoms with van der Waals surface area (Å²) >= 11 is 0. The van der Waals surface area contributed by atoms with Crippen LogP contribution in [0.4, 0.5) is 0 Å². The summed E-state index contributed by atoms with van der Waals surface area (Å²) in [6.45, 7) is 8.95. The van der Waals surface area contributed by atoms with Gasteiger partial charge in [-0.3, -0.25) is 0 Å². The maximum Gasteiger partial charge on any atom is 0.00340 e. The largest absolute Gasteiger partial charge is 0.316 e. The van der Waals surface area contributed by atoms with Gasteiger partial charge in [0.05, 0.1) is 0 Å². The fourth-order valence-corrected chi connectivity index (χ4v) is 2.35. The Morgan fingerprint density at radius 3 is 2.77 bits per heavy atom. The van der Waals surface area contributed by atoms with E-state index in [-0.39, 0.29) is 0 Å². The Kier molecular flexibility index (Phi) is 3.23. The summed E-state index contributed by atoms with van der Waals surface area (Å²) in [4.78, 5) is 2.68. The molecule has 0 amide bonds. The van der Waals surface area contributed by atoms with Crippen molar-refractivity contribution in [2.45, 2.75) is 26.2 Å². The Balaban J connectivity index is 1.71. The van der Waals surface area contributed by atoms with Crippen molar-refractivity contribution in [3.05, 3.63) is 0 Å². The van der Waals surface area contributed by atoms with Crippen LogP contribution in [0.2, 0.25) is 0 Å². The van der Waals surface area contributed by atoms with Crippen LogP contribution >= 0.6 is 0 Å². The van der Waals surface area contributed by atoms with Crippen LogP contribution in [0.1, 0.15) is 26.2 Å². The number of nitrogens with zero attached hydrogens (tertiary/aromatic N) is 1. The van der Waals surface area contributed by atoms with Gasteiger partial charge in [0.25, 0.3) is 0 Å². The second kappa shape index (κ2) is 4.43. The molecular formula is C11H22N2. The first-order valence-electron chi connectivity index (χ1n) is 5.77. The van der Waals surface area contributed by atoms with Crippen LogP contribution in [0.5, 0.6) is 0 Å². The van der Waals surface area contributed by atoms with Crippen molar-refractivity contribution in [2.24, 2.45) is 11.8 Å². The zero-order valence-corrected chi connectivity index (χ0v) is 8.76. The molecule has 1 atom stereocenters. The van der Waals surface area contributed by atoms with E-state index < -0.39 is 0 Å². The fourth-order valence-electron chi connectivity index (χ4n) is 2.35. The number of rotatable bonds is 2. The lowest BCUT2D eigenvalue weighted by molar-refractivity contribution is 0.197. The van der Waals surface area contributed by atoms with Gasteiger partial charge in [0.15, 0.2) is 0 Å². The molecule has 1 unspecified atom stereocenters. The first kappa shape index (κ1) is 9.47. The lowest BCUT2D eigenvalue weighted by atomic mass is 10.0. The Hall–Kier alpha value is -0.0800. The Morgan fingerprint density at radius 1 is 1.23 bits per heavy atom. The highest BCUT2D eigenvalue weighted by atomic mass is 15.1. The van der Waals surface area contributed by atoms with E-state index in [0.29, 0.717) is 0 Å². The van der Waals surface area contributed by atoms with E-state index in [0.717, 1.165) is 11.8 Å². The van der Waals surface area contributed by atoms with Gasteiger partial charge in [-0.15, -0.1) is 0 Å². The molecule has 0 bridgehead atoms. The van der Waals surface area contributed by atoms with Crippen molar-refractivity contribution >= 4 is 0 Å². The summed E-state index contributed by atoms with van der Waals surface area (Å²) in [6, 6.07) is 0. The molecule has 0 radical (unpaired) electrons. The first-order chi connectivity index (χ1) is 6.34. The molecule has 0 aromatic carbocycles. The summed E-state index contributed by atoms with van der Waals surface area (Å²) < 4.78 is 0. The fraction of sp³-hybridized carbons (Fsp3) is 1.00. The van der Waals surface area contributed by atoms with Crippen LogP contribution in [0.15, 0.2) is 0 Å². The van der Waals surface area contributed by atoms with Crippen LogP contribution < -0.4 is 5.32 Å². The van der Waals surface area contributed by atoms with Crippen molar-refractivity contribution < 1.29 is 0 Å². The molecule has 13 heavy (non-hydrogen) atoms. The summed E-state index contributed by atoms with van der Waals surface area (Å²) in [5.74, 6) is 1.91. The SMILES string of the molecule is CC1CCCN(CC2CNC2)CC1. The van der Waals surface area contributed by atoms with E-state index in [9.17, 15) is 0 Å². The molecule has 2 nitrogen and oxygen atoms in total. The lowest BCUT2D eigenvalue weighted by Gasteiger charge is -2.32. The monoisotopic (exact) mass is 182 g/mol. The minimum atomic E-state index is 0.952. The Labute approximate surface area is 81.7 Å². The molecule has 2 heterocycles. The van der Waals surface area contributed by atoms with Crippen molar-refractivity contribution in [3.63, 3.8) is 0 Å². The molecule has 0 aliphatic carbocycles. The van der Waals surface area contributed by atoms with Gasteiger partial charge in [0, 0.05) is 19.6 Å². The van der Waals surface area contributed by atoms with E-state index in [2.05, 4.69) is 17.1 Å². The van der Waals surface area contributed by atoms with Gasteiger partial charge in [-0.25, -0.2) is 0 Å². The molecule has 0 spiro atoms. The first-order valence-corrected chi connectivity index (χ1v) is 5.77. The highest BCUT2D eigenvalue weighted by Gasteiger charge is 2.21. The minimum absolute atomic E-state index is 0.952. The standard InChI is InChI=1S/C11H22N2/c1-10-3-2-5-13(6-4-10)9-11-7-12-8-11/h10-12H,2-9H2,1H3. The molecule has 2 aliphatic rings. The number of nitrogens with one attached hydrogen (secondary N) is 1. The minimum Gasteiger partial charge on any atom is -0.316 e. The highest BCUT2D eigenvalue weighted by molar-refractivity contribution is 4.79. The lowest BCUT2D eigenvalue weighted by Crippen LogP contribution is -2.48. The van der Waals surface area contributed by atoms with Gasteiger partial charge >= 0.3 is 0 Å². The summed E-state index contributed by atoms with van der Waals surface area (Å²) in [6.07, 6.45) is 4.28. The predicted octanol–water partition coefficient (Wildman–Crippen LogP) is 1.33. The van der Waals surface area contributed by atoms with Gasteiger partial charge < -0.3 is 10.2 Å². The molecule has 2 fully saturated rings. The molecule has 2 rings (SSSR count). The zero-order chi connectivity index (χ0) is 9.10. The Bertz CT molecular complexity index is 154. The van der Waals surface area contributed by atoms with Crippen molar-refractivity contribution in [2.75, 3.05) is 32.7 Å². The van der Waals surface area contributed by atoms with Gasteiger partial charge in [-0.2, -0.15) is 0 Å². The van der Waals surface area contributed by atoms with Gasteiger partial charge in [-0.05, 0) is 44.2 Å². The van der Waals surface area contributed by atoms with Gasteiger partial charge in [-0.1, -0.05) is 6.92 Å². The predicted molar refractivity (Wildman–Crippen MR) is 55.8 cm³/mol. The van der Waals surface area contributed by atoms with Crippen LogP contribution in [0.25, 0.3) is 0 Å². The average molecular weight is 182 g/mol. The highest BCUT2D eigenvalue weighted by Crippen LogP contribution is 2.17.